The van der Waals surface area contributed by atoms with E-state index in [1.807, 2.05) is 4.68 Å². The standard InChI is InChI=1S/C21H28N6S/c1-4-21(2,3)27-20(22-23-24-27)19(18-11-8-16-28-18)26-14-12-25(13-15-26)17-9-6-5-7-10-17/h5-11,16,19H,4,12-15H2,1-3H3/t19-/m0/s1. The molecule has 1 aromatic carbocycles. The van der Waals surface area contributed by atoms with E-state index >= 15 is 0 Å². The molecule has 0 unspecified atom stereocenters. The Morgan fingerprint density at radius 1 is 1.04 bits per heavy atom. The van der Waals surface area contributed by atoms with Crippen LogP contribution in [0.4, 0.5) is 5.69 Å². The lowest BCUT2D eigenvalue weighted by Gasteiger charge is -2.40. The molecule has 148 valence electrons. The van der Waals surface area contributed by atoms with E-state index < -0.39 is 0 Å². The lowest BCUT2D eigenvalue weighted by molar-refractivity contribution is 0.189. The van der Waals surface area contributed by atoms with Crippen molar-refractivity contribution in [3.8, 4) is 0 Å². The van der Waals surface area contributed by atoms with E-state index in [0.29, 0.717) is 0 Å². The summed E-state index contributed by atoms with van der Waals surface area (Å²) in [5.74, 6) is 0.947. The molecule has 3 aromatic rings. The van der Waals surface area contributed by atoms with Gasteiger partial charge in [0.2, 0.25) is 0 Å². The molecule has 4 rings (SSSR count). The van der Waals surface area contributed by atoms with E-state index in [0.717, 1.165) is 38.4 Å². The molecule has 1 fully saturated rings. The number of benzene rings is 1. The number of piperazine rings is 1. The number of tetrazole rings is 1. The first-order valence-electron chi connectivity index (χ1n) is 9.96. The average molecular weight is 397 g/mol. The molecule has 2 aromatic heterocycles. The molecular weight excluding hydrogens is 368 g/mol. The van der Waals surface area contributed by atoms with Gasteiger partial charge in [-0.2, -0.15) is 0 Å². The highest BCUT2D eigenvalue weighted by Crippen LogP contribution is 2.34. The summed E-state index contributed by atoms with van der Waals surface area (Å²) < 4.78 is 2.03. The predicted molar refractivity (Wildman–Crippen MR) is 114 cm³/mol. The van der Waals surface area contributed by atoms with E-state index in [2.05, 4.69) is 93.9 Å². The van der Waals surface area contributed by atoms with Crippen molar-refractivity contribution in [2.75, 3.05) is 31.1 Å². The van der Waals surface area contributed by atoms with Crippen LogP contribution in [0.15, 0.2) is 47.8 Å². The Hall–Kier alpha value is -2.25. The second kappa shape index (κ2) is 8.01. The lowest BCUT2D eigenvalue weighted by atomic mass is 10.0. The fourth-order valence-electron chi connectivity index (χ4n) is 3.74. The quantitative estimate of drug-likeness (QED) is 0.634. The molecule has 1 saturated heterocycles. The van der Waals surface area contributed by atoms with Crippen LogP contribution in [-0.2, 0) is 5.54 Å². The van der Waals surface area contributed by atoms with Gasteiger partial charge in [-0.3, -0.25) is 4.90 Å². The fourth-order valence-corrected chi connectivity index (χ4v) is 4.59. The van der Waals surface area contributed by atoms with Crippen molar-refractivity contribution in [1.29, 1.82) is 0 Å². The summed E-state index contributed by atoms with van der Waals surface area (Å²) in [4.78, 5) is 6.29. The van der Waals surface area contributed by atoms with Gasteiger partial charge in [-0.1, -0.05) is 31.2 Å². The fraction of sp³-hybridized carbons (Fsp3) is 0.476. The summed E-state index contributed by atoms with van der Waals surface area (Å²) in [6, 6.07) is 15.1. The van der Waals surface area contributed by atoms with Crippen molar-refractivity contribution in [2.45, 2.75) is 38.8 Å². The van der Waals surface area contributed by atoms with Crippen molar-refractivity contribution in [3.05, 3.63) is 58.5 Å². The molecule has 1 aliphatic rings. The van der Waals surface area contributed by atoms with Crippen LogP contribution in [0.25, 0.3) is 0 Å². The Labute approximate surface area is 170 Å². The summed E-state index contributed by atoms with van der Waals surface area (Å²) in [6.45, 7) is 10.6. The van der Waals surface area contributed by atoms with Crippen LogP contribution < -0.4 is 4.90 Å². The number of aromatic nitrogens is 4. The van der Waals surface area contributed by atoms with Crippen LogP contribution in [-0.4, -0.2) is 51.3 Å². The maximum Gasteiger partial charge on any atom is 0.174 e. The maximum atomic E-state index is 4.49. The minimum Gasteiger partial charge on any atom is -0.369 e. The van der Waals surface area contributed by atoms with E-state index in [1.54, 1.807) is 11.3 Å². The van der Waals surface area contributed by atoms with Gasteiger partial charge < -0.3 is 4.90 Å². The minimum atomic E-state index is -0.111. The molecule has 0 amide bonds. The van der Waals surface area contributed by atoms with Gasteiger partial charge >= 0.3 is 0 Å². The van der Waals surface area contributed by atoms with Crippen molar-refractivity contribution >= 4 is 17.0 Å². The normalized spacial score (nSPS) is 17.0. The van der Waals surface area contributed by atoms with Gasteiger partial charge in [0.25, 0.3) is 0 Å². The summed E-state index contributed by atoms with van der Waals surface area (Å²) in [5.41, 5.74) is 1.19. The molecule has 3 heterocycles. The topological polar surface area (TPSA) is 50.1 Å². The second-order valence-electron chi connectivity index (χ2n) is 7.89. The third-order valence-corrected chi connectivity index (χ3v) is 6.71. The van der Waals surface area contributed by atoms with Crippen molar-refractivity contribution in [2.24, 2.45) is 0 Å². The number of para-hydroxylation sites is 1. The van der Waals surface area contributed by atoms with Crippen molar-refractivity contribution in [3.63, 3.8) is 0 Å². The maximum absolute atomic E-state index is 4.49. The van der Waals surface area contributed by atoms with Gasteiger partial charge in [0.1, 0.15) is 6.04 Å². The van der Waals surface area contributed by atoms with Gasteiger partial charge in [-0.15, -0.1) is 16.4 Å². The highest BCUT2D eigenvalue weighted by Gasteiger charge is 2.34. The van der Waals surface area contributed by atoms with Crippen LogP contribution in [0, 0.1) is 0 Å². The van der Waals surface area contributed by atoms with E-state index in [-0.39, 0.29) is 11.6 Å². The Morgan fingerprint density at radius 3 is 2.43 bits per heavy atom. The number of nitrogens with zero attached hydrogens (tertiary/aromatic N) is 6. The molecule has 1 aliphatic heterocycles. The zero-order chi connectivity index (χ0) is 19.6. The Morgan fingerprint density at radius 2 is 1.79 bits per heavy atom. The summed E-state index contributed by atoms with van der Waals surface area (Å²) >= 11 is 1.78. The van der Waals surface area contributed by atoms with Gasteiger partial charge in [-0.25, -0.2) is 4.68 Å². The number of rotatable bonds is 6. The highest BCUT2D eigenvalue weighted by atomic mass is 32.1. The Bertz CT molecular complexity index is 865. The molecule has 0 radical (unpaired) electrons. The molecule has 0 N–H and O–H groups in total. The summed E-state index contributed by atoms with van der Waals surface area (Å²) in [7, 11) is 0. The Kier molecular flexibility index (Phi) is 5.46. The molecular formula is C21H28N6S. The van der Waals surface area contributed by atoms with Crippen LogP contribution >= 0.6 is 11.3 Å². The average Bonchev–Trinajstić information content (AvgIpc) is 3.43. The summed E-state index contributed by atoms with van der Waals surface area (Å²) in [6.07, 6.45) is 0.976. The first-order chi connectivity index (χ1) is 13.6. The number of thiophene rings is 1. The zero-order valence-electron chi connectivity index (χ0n) is 16.8. The molecule has 0 aliphatic carbocycles. The van der Waals surface area contributed by atoms with E-state index in [9.17, 15) is 0 Å². The zero-order valence-corrected chi connectivity index (χ0v) is 17.6. The molecule has 28 heavy (non-hydrogen) atoms. The van der Waals surface area contributed by atoms with Gasteiger partial charge in [0, 0.05) is 36.7 Å². The smallest absolute Gasteiger partial charge is 0.174 e. The van der Waals surface area contributed by atoms with Crippen molar-refractivity contribution < 1.29 is 0 Å². The molecule has 7 heteroatoms. The first kappa shape index (κ1) is 19.1. The van der Waals surface area contributed by atoms with Crippen LogP contribution in [0.1, 0.15) is 43.9 Å². The van der Waals surface area contributed by atoms with Crippen LogP contribution in [0.3, 0.4) is 0 Å². The number of anilines is 1. The van der Waals surface area contributed by atoms with Crippen LogP contribution in [0.2, 0.25) is 0 Å². The molecule has 0 spiro atoms. The van der Waals surface area contributed by atoms with E-state index in [1.165, 1.54) is 10.6 Å². The monoisotopic (exact) mass is 396 g/mol. The van der Waals surface area contributed by atoms with Gasteiger partial charge in [-0.05, 0) is 54.3 Å². The predicted octanol–water partition coefficient (Wildman–Crippen LogP) is 3.79. The third kappa shape index (κ3) is 3.69. The molecule has 1 atom stereocenters. The molecule has 0 saturated carbocycles. The lowest BCUT2D eigenvalue weighted by Crippen LogP contribution is -2.48. The first-order valence-corrected chi connectivity index (χ1v) is 10.8. The Balaban J connectivity index is 1.61. The third-order valence-electron chi connectivity index (χ3n) is 5.79. The summed E-state index contributed by atoms with van der Waals surface area (Å²) in [5, 5.41) is 15.1. The SMILES string of the molecule is CCC(C)(C)n1nnnc1[C@H](c1cccs1)N1CCN(c2ccccc2)CC1. The number of hydrogen-bond donors (Lipinski definition) is 0. The highest BCUT2D eigenvalue weighted by molar-refractivity contribution is 7.10. The van der Waals surface area contributed by atoms with E-state index in [4.69, 9.17) is 0 Å². The van der Waals surface area contributed by atoms with Crippen molar-refractivity contribution in [1.82, 2.24) is 25.1 Å². The molecule has 6 nitrogen and oxygen atoms in total. The molecule has 0 bridgehead atoms. The van der Waals surface area contributed by atoms with Gasteiger partial charge in [0.05, 0.1) is 5.54 Å². The second-order valence-corrected chi connectivity index (χ2v) is 8.87. The van der Waals surface area contributed by atoms with Gasteiger partial charge in [0.15, 0.2) is 5.82 Å². The number of hydrogen-bond acceptors (Lipinski definition) is 6. The van der Waals surface area contributed by atoms with Crippen LogP contribution in [0.5, 0.6) is 0 Å². The largest absolute Gasteiger partial charge is 0.369 e. The minimum absolute atomic E-state index is 0.0961.